The molecular weight excluding hydrogens is 422 g/mol. The number of pyridine rings is 2. The normalized spacial score (nSPS) is 22.9. The predicted octanol–water partition coefficient (Wildman–Crippen LogP) is 4.59. The summed E-state index contributed by atoms with van der Waals surface area (Å²) in [6.45, 7) is 2.44. The van der Waals surface area contributed by atoms with E-state index in [-0.39, 0.29) is 5.92 Å². The molecule has 1 atom stereocenters. The van der Waals surface area contributed by atoms with E-state index in [1.807, 2.05) is 12.4 Å². The van der Waals surface area contributed by atoms with Crippen LogP contribution in [0.3, 0.4) is 0 Å². The van der Waals surface area contributed by atoms with Gasteiger partial charge in [0.25, 0.3) is 0 Å². The number of hydrogen-bond acceptors (Lipinski definition) is 5. The Labute approximate surface area is 200 Å². The number of carbonyl (C=O) groups is 1. The molecule has 4 aliphatic rings. The molecule has 6 heteroatoms. The number of nitrogens with zero attached hydrogens (tertiary/aromatic N) is 4. The average Bonchev–Trinajstić information content (AvgIpc) is 3.73. The van der Waals surface area contributed by atoms with E-state index in [1.54, 1.807) is 0 Å². The highest BCUT2D eigenvalue weighted by atomic mass is 16.2. The molecule has 174 valence electrons. The smallest absolute Gasteiger partial charge is 0.226 e. The van der Waals surface area contributed by atoms with Crippen LogP contribution in [0.5, 0.6) is 0 Å². The molecule has 6 nitrogen and oxygen atoms in total. The first-order chi connectivity index (χ1) is 16.7. The number of benzene rings is 1. The zero-order chi connectivity index (χ0) is 22.8. The number of nitrogens with two attached hydrogens (primary N) is 1. The molecule has 1 aromatic carbocycles. The summed E-state index contributed by atoms with van der Waals surface area (Å²) in [5.74, 6) is 2.72. The highest BCUT2D eigenvalue weighted by Gasteiger charge is 2.45. The van der Waals surface area contributed by atoms with Gasteiger partial charge in [-0.1, -0.05) is 18.2 Å². The van der Waals surface area contributed by atoms with Gasteiger partial charge >= 0.3 is 0 Å². The molecule has 2 aromatic heterocycles. The van der Waals surface area contributed by atoms with Crippen LogP contribution in [-0.2, 0) is 4.79 Å². The van der Waals surface area contributed by atoms with Gasteiger partial charge in [-0.15, -0.1) is 0 Å². The lowest BCUT2D eigenvalue weighted by Crippen LogP contribution is -2.57. The monoisotopic (exact) mass is 453 g/mol. The molecule has 7 rings (SSSR count). The zero-order valence-corrected chi connectivity index (χ0v) is 19.5. The Hall–Kier alpha value is -3.15. The third-order valence-corrected chi connectivity index (χ3v) is 8.09. The van der Waals surface area contributed by atoms with Crippen molar-refractivity contribution in [1.29, 1.82) is 0 Å². The van der Waals surface area contributed by atoms with Crippen LogP contribution in [0, 0.1) is 11.8 Å². The van der Waals surface area contributed by atoms with Crippen molar-refractivity contribution in [2.75, 3.05) is 30.3 Å². The van der Waals surface area contributed by atoms with E-state index >= 15 is 0 Å². The van der Waals surface area contributed by atoms with Gasteiger partial charge in [0, 0.05) is 54.8 Å². The zero-order valence-electron chi connectivity index (χ0n) is 19.5. The summed E-state index contributed by atoms with van der Waals surface area (Å²) in [5, 5.41) is 2.32. The van der Waals surface area contributed by atoms with E-state index < -0.39 is 0 Å². The highest BCUT2D eigenvalue weighted by molar-refractivity contribution is 5.97. The second-order valence-electron chi connectivity index (χ2n) is 10.7. The summed E-state index contributed by atoms with van der Waals surface area (Å²) in [5.41, 5.74) is 11.0. The van der Waals surface area contributed by atoms with E-state index in [1.165, 1.54) is 42.3 Å². The van der Waals surface area contributed by atoms with Gasteiger partial charge in [-0.3, -0.25) is 9.78 Å². The summed E-state index contributed by atoms with van der Waals surface area (Å²) in [4.78, 5) is 27.0. The van der Waals surface area contributed by atoms with Gasteiger partial charge < -0.3 is 15.5 Å². The lowest BCUT2D eigenvalue weighted by molar-refractivity contribution is -0.135. The van der Waals surface area contributed by atoms with Gasteiger partial charge in [0.15, 0.2) is 5.82 Å². The molecule has 3 aliphatic carbocycles. The Morgan fingerprint density at radius 2 is 1.85 bits per heavy atom. The summed E-state index contributed by atoms with van der Waals surface area (Å²) in [7, 11) is 0. The Morgan fingerprint density at radius 3 is 2.62 bits per heavy atom. The molecular formula is C28H31N5O. The lowest BCUT2D eigenvalue weighted by atomic mass is 9.96. The maximum absolute atomic E-state index is 12.9. The Kier molecular flexibility index (Phi) is 4.58. The molecule has 2 N–H and O–H groups in total. The van der Waals surface area contributed by atoms with Gasteiger partial charge in [-0.05, 0) is 67.5 Å². The average molecular weight is 454 g/mol. The van der Waals surface area contributed by atoms with Crippen molar-refractivity contribution in [2.45, 2.75) is 50.5 Å². The summed E-state index contributed by atoms with van der Waals surface area (Å²) in [6.07, 6.45) is 10.8. The number of fused-ring (bicyclic) bond motifs is 1. The number of aromatic nitrogens is 2. The largest absolute Gasteiger partial charge is 0.396 e. The Morgan fingerprint density at radius 1 is 1.00 bits per heavy atom. The Balaban J connectivity index is 1.25. The van der Waals surface area contributed by atoms with Gasteiger partial charge in [0.05, 0.1) is 17.4 Å². The van der Waals surface area contributed by atoms with Crippen molar-refractivity contribution in [3.05, 3.63) is 48.4 Å². The number of carbonyl (C=O) groups excluding carboxylic acids is 1. The molecule has 1 saturated heterocycles. The number of amides is 1. The van der Waals surface area contributed by atoms with Crippen LogP contribution < -0.4 is 10.6 Å². The fraction of sp³-hybridized carbons (Fsp3) is 0.464. The van der Waals surface area contributed by atoms with Crippen molar-refractivity contribution >= 4 is 28.2 Å². The molecule has 0 unspecified atom stereocenters. The second-order valence-corrected chi connectivity index (χ2v) is 10.7. The van der Waals surface area contributed by atoms with Crippen molar-refractivity contribution in [3.63, 3.8) is 0 Å². The quantitative estimate of drug-likeness (QED) is 0.611. The van der Waals surface area contributed by atoms with Gasteiger partial charge in [0.1, 0.15) is 0 Å². The Bertz CT molecular complexity index is 1270. The fourth-order valence-corrected chi connectivity index (χ4v) is 5.75. The highest BCUT2D eigenvalue weighted by Crippen LogP contribution is 2.47. The van der Waals surface area contributed by atoms with Gasteiger partial charge in [0.2, 0.25) is 5.91 Å². The molecule has 4 fully saturated rings. The minimum absolute atomic E-state index is 0.285. The molecule has 1 aliphatic heterocycles. The van der Waals surface area contributed by atoms with E-state index in [2.05, 4.69) is 45.1 Å². The van der Waals surface area contributed by atoms with Crippen molar-refractivity contribution in [3.8, 4) is 11.1 Å². The summed E-state index contributed by atoms with van der Waals surface area (Å²) < 4.78 is 0. The fourth-order valence-electron chi connectivity index (χ4n) is 5.75. The van der Waals surface area contributed by atoms with Crippen LogP contribution in [0.25, 0.3) is 21.9 Å². The SMILES string of the molecule is Nc1cc(-c2cccc3cnccc23)c(C2CC2)nc1N1CCN(C(=O)C2CC2)[C@H](C2CC2)C1. The number of rotatable bonds is 5. The van der Waals surface area contributed by atoms with Crippen molar-refractivity contribution in [2.24, 2.45) is 11.8 Å². The topological polar surface area (TPSA) is 75.3 Å². The van der Waals surface area contributed by atoms with Crippen molar-refractivity contribution in [1.82, 2.24) is 14.9 Å². The number of nitrogen functional groups attached to an aromatic ring is 1. The molecule has 3 aromatic rings. The third-order valence-electron chi connectivity index (χ3n) is 8.09. The van der Waals surface area contributed by atoms with E-state index in [4.69, 9.17) is 10.7 Å². The molecule has 3 heterocycles. The number of anilines is 2. The van der Waals surface area contributed by atoms with E-state index in [0.29, 0.717) is 23.8 Å². The third kappa shape index (κ3) is 3.51. The molecule has 3 saturated carbocycles. The summed E-state index contributed by atoms with van der Waals surface area (Å²) >= 11 is 0. The maximum Gasteiger partial charge on any atom is 0.226 e. The van der Waals surface area contributed by atoms with Crippen LogP contribution in [0.4, 0.5) is 11.5 Å². The van der Waals surface area contributed by atoms with Crippen LogP contribution >= 0.6 is 0 Å². The standard InChI is InChI=1S/C28H31N5O/c29-24-14-23(22-3-1-2-20-15-30-11-10-21(20)22)26(18-6-7-18)31-27(24)32-12-13-33(28(34)19-8-9-19)25(16-32)17-4-5-17/h1-3,10-11,14-15,17-19,25H,4-9,12-13,16,29H2/t25-/m0/s1. The minimum atomic E-state index is 0.285. The van der Waals surface area contributed by atoms with Gasteiger partial charge in [-0.25, -0.2) is 4.98 Å². The van der Waals surface area contributed by atoms with Crippen molar-refractivity contribution < 1.29 is 4.79 Å². The molecule has 0 radical (unpaired) electrons. The van der Waals surface area contributed by atoms with Crippen LogP contribution in [0.1, 0.15) is 50.1 Å². The number of piperazine rings is 1. The molecule has 34 heavy (non-hydrogen) atoms. The lowest BCUT2D eigenvalue weighted by Gasteiger charge is -2.43. The molecule has 1 amide bonds. The van der Waals surface area contributed by atoms with Crippen LogP contribution in [-0.4, -0.2) is 46.5 Å². The summed E-state index contributed by atoms with van der Waals surface area (Å²) in [6, 6.07) is 10.9. The maximum atomic E-state index is 12.9. The van der Waals surface area contributed by atoms with E-state index in [9.17, 15) is 4.79 Å². The predicted molar refractivity (Wildman–Crippen MR) is 135 cm³/mol. The van der Waals surface area contributed by atoms with Crippen LogP contribution in [0.15, 0.2) is 42.7 Å². The second kappa shape index (κ2) is 7.69. The van der Waals surface area contributed by atoms with Gasteiger partial charge in [-0.2, -0.15) is 0 Å². The first-order valence-corrected chi connectivity index (χ1v) is 12.9. The van der Waals surface area contributed by atoms with Crippen LogP contribution in [0.2, 0.25) is 0 Å². The molecule has 0 bridgehead atoms. The first-order valence-electron chi connectivity index (χ1n) is 12.9. The minimum Gasteiger partial charge on any atom is -0.396 e. The molecule has 0 spiro atoms. The first kappa shape index (κ1) is 20.2. The van der Waals surface area contributed by atoms with E-state index in [0.717, 1.165) is 54.9 Å². The number of hydrogen-bond donors (Lipinski definition) is 1.